The lowest BCUT2D eigenvalue weighted by atomic mass is 9.81. The monoisotopic (exact) mass is 579 g/mol. The number of ether oxygens (including phenoxy) is 1. The summed E-state index contributed by atoms with van der Waals surface area (Å²) >= 11 is 1.46. The molecule has 0 bridgehead atoms. The average molecular weight is 580 g/mol. The Morgan fingerprint density at radius 2 is 2.02 bits per heavy atom. The van der Waals surface area contributed by atoms with Crippen molar-refractivity contribution in [3.05, 3.63) is 61.7 Å². The third-order valence-electron chi connectivity index (χ3n) is 8.54. The van der Waals surface area contributed by atoms with E-state index in [1.54, 1.807) is 19.9 Å². The molecule has 9 nitrogen and oxygen atoms in total. The number of aryl methyl sites for hydroxylation is 1. The molecule has 6 rings (SSSR count). The number of amides is 1. The molecule has 0 saturated heterocycles. The Balaban J connectivity index is 1.52. The third kappa shape index (κ3) is 4.20. The third-order valence-corrected chi connectivity index (χ3v) is 9.47. The molecule has 2 atom stereocenters. The van der Waals surface area contributed by atoms with Gasteiger partial charge < -0.3 is 19.7 Å². The number of benzene rings is 1. The number of aliphatic hydroxyl groups is 1. The molecule has 1 aromatic carbocycles. The lowest BCUT2D eigenvalue weighted by molar-refractivity contribution is -0.172. The molecule has 1 amide bonds. The highest BCUT2D eigenvalue weighted by Gasteiger charge is 2.46. The smallest absolute Gasteiger partial charge is 0.343 e. The minimum absolute atomic E-state index is 0.0163. The van der Waals surface area contributed by atoms with Crippen molar-refractivity contribution >= 4 is 40.3 Å². The van der Waals surface area contributed by atoms with E-state index in [9.17, 15) is 24.3 Å². The molecule has 3 aliphatic rings. The number of halogens is 1. The van der Waals surface area contributed by atoms with Gasteiger partial charge in [0.15, 0.2) is 11.4 Å². The SMILES string of the molecule is CCSCC(=O)CC(=O)N[C@H]1CCc2c(C)c(F)cc3nc4c(c1c23)Cn1c-4cc2c(c1=O)COC(=O)[C@]2(O)CC. The molecule has 11 heteroatoms. The zero-order valence-electron chi connectivity index (χ0n) is 23.1. The molecule has 2 aromatic heterocycles. The average Bonchev–Trinajstić information content (AvgIpc) is 3.32. The van der Waals surface area contributed by atoms with Crippen LogP contribution in [0.25, 0.3) is 22.3 Å². The van der Waals surface area contributed by atoms with E-state index in [4.69, 9.17) is 9.72 Å². The van der Waals surface area contributed by atoms with Crippen molar-refractivity contribution in [2.75, 3.05) is 11.5 Å². The summed E-state index contributed by atoms with van der Waals surface area (Å²) in [7, 11) is 0. The quantitative estimate of drug-likeness (QED) is 0.252. The molecule has 4 heterocycles. The summed E-state index contributed by atoms with van der Waals surface area (Å²) in [4.78, 5) is 56.3. The number of hydrogen-bond donors (Lipinski definition) is 2. The minimum atomic E-state index is -1.97. The number of carbonyl (C=O) groups is 3. The number of hydrogen-bond acceptors (Lipinski definition) is 8. The lowest BCUT2D eigenvalue weighted by Crippen LogP contribution is -2.44. The molecular weight excluding hydrogens is 549 g/mol. The topological polar surface area (TPSA) is 128 Å². The van der Waals surface area contributed by atoms with Gasteiger partial charge in [0.05, 0.1) is 47.2 Å². The summed E-state index contributed by atoms with van der Waals surface area (Å²) in [6.45, 7) is 5.22. The van der Waals surface area contributed by atoms with Gasteiger partial charge in [0.1, 0.15) is 12.4 Å². The first-order valence-corrected chi connectivity index (χ1v) is 14.9. The number of pyridine rings is 2. The minimum Gasteiger partial charge on any atom is -0.458 e. The zero-order chi connectivity index (χ0) is 29.2. The van der Waals surface area contributed by atoms with Crippen molar-refractivity contribution < 1.29 is 28.6 Å². The second kappa shape index (κ2) is 10.1. The summed E-state index contributed by atoms with van der Waals surface area (Å²) in [5, 5.41) is 15.0. The van der Waals surface area contributed by atoms with E-state index < -0.39 is 29.0 Å². The van der Waals surface area contributed by atoms with Crippen LogP contribution in [0.4, 0.5) is 4.39 Å². The molecule has 0 saturated carbocycles. The first-order valence-electron chi connectivity index (χ1n) is 13.8. The summed E-state index contributed by atoms with van der Waals surface area (Å²) in [5.74, 6) is -0.694. The number of fused-ring (bicyclic) bond motifs is 5. The van der Waals surface area contributed by atoms with Crippen molar-refractivity contribution in [2.45, 2.75) is 71.2 Å². The lowest BCUT2D eigenvalue weighted by Gasteiger charge is -2.31. The van der Waals surface area contributed by atoms with Crippen molar-refractivity contribution in [1.82, 2.24) is 14.9 Å². The van der Waals surface area contributed by atoms with Crippen LogP contribution in [-0.4, -0.2) is 43.8 Å². The first kappa shape index (κ1) is 27.6. The molecular formula is C30H30FN3O6S. The van der Waals surface area contributed by atoms with E-state index in [2.05, 4.69) is 5.32 Å². The zero-order valence-corrected chi connectivity index (χ0v) is 23.9. The van der Waals surface area contributed by atoms with Gasteiger partial charge in [-0.25, -0.2) is 14.2 Å². The fraction of sp³-hybridized carbons (Fsp3) is 0.433. The van der Waals surface area contributed by atoms with Gasteiger partial charge in [0.25, 0.3) is 5.56 Å². The van der Waals surface area contributed by atoms with Gasteiger partial charge in [0, 0.05) is 22.6 Å². The van der Waals surface area contributed by atoms with Gasteiger partial charge in [-0.2, -0.15) is 11.8 Å². The molecule has 214 valence electrons. The number of thioether (sulfide) groups is 1. The maximum atomic E-state index is 15.0. The van der Waals surface area contributed by atoms with E-state index in [0.29, 0.717) is 40.9 Å². The van der Waals surface area contributed by atoms with E-state index in [1.807, 2.05) is 6.92 Å². The van der Waals surface area contributed by atoms with Crippen LogP contribution in [0, 0.1) is 12.7 Å². The normalized spacial score (nSPS) is 20.3. The van der Waals surface area contributed by atoms with Crippen molar-refractivity contribution in [2.24, 2.45) is 0 Å². The maximum Gasteiger partial charge on any atom is 0.343 e. The Morgan fingerprint density at radius 3 is 2.76 bits per heavy atom. The Labute approximate surface area is 239 Å². The Morgan fingerprint density at radius 1 is 1.24 bits per heavy atom. The van der Waals surface area contributed by atoms with E-state index >= 15 is 4.39 Å². The second-order valence-corrected chi connectivity index (χ2v) is 12.1. The number of ketones is 1. The number of cyclic esters (lactones) is 1. The summed E-state index contributed by atoms with van der Waals surface area (Å²) in [6, 6.07) is 2.51. The molecule has 2 N–H and O–H groups in total. The van der Waals surface area contributed by atoms with Crippen molar-refractivity contribution in [3.8, 4) is 11.4 Å². The number of rotatable bonds is 7. The molecule has 0 spiro atoms. The summed E-state index contributed by atoms with van der Waals surface area (Å²) in [5.41, 5.74) is 2.09. The van der Waals surface area contributed by atoms with Gasteiger partial charge in [-0.05, 0) is 54.7 Å². The molecule has 1 aliphatic carbocycles. The molecule has 2 aliphatic heterocycles. The van der Waals surface area contributed by atoms with Crippen LogP contribution in [0.2, 0.25) is 0 Å². The molecule has 3 aromatic rings. The van der Waals surface area contributed by atoms with Gasteiger partial charge in [-0.1, -0.05) is 13.8 Å². The highest BCUT2D eigenvalue weighted by molar-refractivity contribution is 7.99. The second-order valence-electron chi connectivity index (χ2n) is 10.8. The van der Waals surface area contributed by atoms with Crippen LogP contribution in [0.3, 0.4) is 0 Å². The fourth-order valence-corrected chi connectivity index (χ4v) is 6.92. The predicted molar refractivity (Wildman–Crippen MR) is 151 cm³/mol. The molecule has 41 heavy (non-hydrogen) atoms. The van der Waals surface area contributed by atoms with E-state index in [0.717, 1.165) is 22.3 Å². The van der Waals surface area contributed by atoms with Crippen molar-refractivity contribution in [1.29, 1.82) is 0 Å². The van der Waals surface area contributed by atoms with Crippen LogP contribution < -0.4 is 10.9 Å². The Kier molecular flexibility index (Phi) is 6.77. The molecule has 0 fully saturated rings. The Bertz CT molecular complexity index is 1730. The number of esters is 1. The number of Topliss-reactive ketones (excluding diaryl/α,β-unsaturated/α-hetero) is 1. The van der Waals surface area contributed by atoms with Crippen LogP contribution in [0.1, 0.15) is 72.5 Å². The number of nitrogens with one attached hydrogen (secondary N) is 1. The van der Waals surface area contributed by atoms with Crippen molar-refractivity contribution in [3.63, 3.8) is 0 Å². The van der Waals surface area contributed by atoms with Crippen LogP contribution >= 0.6 is 11.8 Å². The number of aromatic nitrogens is 2. The highest BCUT2D eigenvalue weighted by Crippen LogP contribution is 2.45. The fourth-order valence-electron chi connectivity index (χ4n) is 6.39. The number of nitrogens with zero attached hydrogens (tertiary/aromatic N) is 2. The standard InChI is InChI=1S/C30H30FN3O6S/c1-4-30(39)19-9-23-27-17(11-34(23)28(37)18(19)12-40-29(30)38)26-21(32-24(36)8-15(35)13-41-5-2)7-6-16-14(3)20(31)10-22(33-27)25(16)26/h9-10,21,39H,4-8,11-13H2,1-3H3,(H,32,36)/t21-,30-/m0/s1. The largest absolute Gasteiger partial charge is 0.458 e. The van der Waals surface area contributed by atoms with E-state index in [1.165, 1.54) is 22.4 Å². The van der Waals surface area contributed by atoms with Gasteiger partial charge in [-0.15, -0.1) is 0 Å². The van der Waals surface area contributed by atoms with Crippen LogP contribution in [-0.2, 0) is 44.3 Å². The van der Waals surface area contributed by atoms with Gasteiger partial charge >= 0.3 is 5.97 Å². The molecule has 0 radical (unpaired) electrons. The first-order chi connectivity index (χ1) is 19.6. The van der Waals surface area contributed by atoms with Gasteiger partial charge in [0.2, 0.25) is 5.91 Å². The van der Waals surface area contributed by atoms with Crippen LogP contribution in [0.5, 0.6) is 0 Å². The predicted octanol–water partition coefficient (Wildman–Crippen LogP) is 3.34. The highest BCUT2D eigenvalue weighted by atomic mass is 32.2. The summed E-state index contributed by atoms with van der Waals surface area (Å²) < 4.78 is 21.7. The maximum absolute atomic E-state index is 15.0. The molecule has 0 unspecified atom stereocenters. The summed E-state index contributed by atoms with van der Waals surface area (Å²) in [6.07, 6.45) is 0.794. The Hall–Kier alpha value is -3.57. The van der Waals surface area contributed by atoms with Crippen LogP contribution in [0.15, 0.2) is 16.9 Å². The number of carbonyl (C=O) groups excluding carboxylic acids is 3. The van der Waals surface area contributed by atoms with Gasteiger partial charge in [-0.3, -0.25) is 14.4 Å². The van der Waals surface area contributed by atoms with E-state index in [-0.39, 0.29) is 54.6 Å².